The first-order valence-corrected chi connectivity index (χ1v) is 9.10. The highest BCUT2D eigenvalue weighted by Crippen LogP contribution is 2.31. The van der Waals surface area contributed by atoms with E-state index in [1.807, 2.05) is 49.4 Å². The molecule has 150 valence electrons. The lowest BCUT2D eigenvalue weighted by Gasteiger charge is -2.21. The van der Waals surface area contributed by atoms with Gasteiger partial charge in [-0.1, -0.05) is 36.4 Å². The molecule has 1 amide bonds. The van der Waals surface area contributed by atoms with Gasteiger partial charge in [-0.3, -0.25) is 9.59 Å². The summed E-state index contributed by atoms with van der Waals surface area (Å²) in [6.45, 7) is 5.32. The predicted molar refractivity (Wildman–Crippen MR) is 106 cm³/mol. The lowest BCUT2D eigenvalue weighted by atomic mass is 9.89. The van der Waals surface area contributed by atoms with Gasteiger partial charge in [0.2, 0.25) is 5.91 Å². The van der Waals surface area contributed by atoms with Gasteiger partial charge in [-0.15, -0.1) is 0 Å². The first-order valence-electron chi connectivity index (χ1n) is 9.10. The number of benzene rings is 2. The molecule has 0 aliphatic heterocycles. The monoisotopic (exact) mass is 385 g/mol. The Bertz CT molecular complexity index is 817. The van der Waals surface area contributed by atoms with Crippen LogP contribution in [-0.4, -0.2) is 24.1 Å². The largest absolute Gasteiger partial charge is 0.493 e. The zero-order chi connectivity index (χ0) is 20.7. The van der Waals surface area contributed by atoms with Crippen LogP contribution in [0.4, 0.5) is 0 Å². The molecule has 1 atom stereocenters. The summed E-state index contributed by atoms with van der Waals surface area (Å²) >= 11 is 0. The molecule has 0 saturated heterocycles. The van der Waals surface area contributed by atoms with Crippen LogP contribution in [0.3, 0.4) is 0 Å². The Hall–Kier alpha value is -3.02. The summed E-state index contributed by atoms with van der Waals surface area (Å²) in [6, 6.07) is 15.0. The highest BCUT2D eigenvalue weighted by molar-refractivity contribution is 5.84. The topological polar surface area (TPSA) is 84.9 Å². The van der Waals surface area contributed by atoms with Gasteiger partial charge in [0.25, 0.3) is 0 Å². The standard InChI is InChI=1S/C22H27NO5/c1-15(23-20(24)13-22(2,3)21(25)26)17-10-11-18(19(12-17)27-4)28-14-16-8-6-5-7-9-16/h5-12,15H,13-14H2,1-4H3,(H,23,24)(H,25,26). The number of ether oxygens (including phenoxy) is 2. The Morgan fingerprint density at radius 2 is 1.79 bits per heavy atom. The maximum atomic E-state index is 12.2. The molecule has 1 unspecified atom stereocenters. The van der Waals surface area contributed by atoms with Gasteiger partial charge in [0.1, 0.15) is 6.61 Å². The maximum Gasteiger partial charge on any atom is 0.309 e. The number of aliphatic carboxylic acids is 1. The average molecular weight is 385 g/mol. The number of nitrogens with one attached hydrogen (secondary N) is 1. The van der Waals surface area contributed by atoms with E-state index in [9.17, 15) is 9.59 Å². The fraction of sp³-hybridized carbons (Fsp3) is 0.364. The van der Waals surface area contributed by atoms with Crippen LogP contribution < -0.4 is 14.8 Å². The van der Waals surface area contributed by atoms with Gasteiger partial charge in [-0.2, -0.15) is 0 Å². The summed E-state index contributed by atoms with van der Waals surface area (Å²) in [5, 5.41) is 12.0. The van der Waals surface area contributed by atoms with Gasteiger partial charge in [-0.25, -0.2) is 0 Å². The number of carbonyl (C=O) groups excluding carboxylic acids is 1. The Labute approximate surface area is 165 Å². The van der Waals surface area contributed by atoms with Crippen LogP contribution in [0.2, 0.25) is 0 Å². The van der Waals surface area contributed by atoms with Crippen LogP contribution in [0.1, 0.15) is 44.4 Å². The maximum absolute atomic E-state index is 12.2. The fourth-order valence-electron chi connectivity index (χ4n) is 2.66. The van der Waals surface area contributed by atoms with Crippen LogP contribution in [0.25, 0.3) is 0 Å². The number of amides is 1. The Kier molecular flexibility index (Phi) is 7.04. The van der Waals surface area contributed by atoms with Gasteiger partial charge in [0.05, 0.1) is 18.6 Å². The van der Waals surface area contributed by atoms with Crippen molar-refractivity contribution in [2.45, 2.75) is 39.8 Å². The van der Waals surface area contributed by atoms with Crippen molar-refractivity contribution in [1.29, 1.82) is 0 Å². The average Bonchev–Trinajstić information content (AvgIpc) is 2.66. The Morgan fingerprint density at radius 3 is 2.39 bits per heavy atom. The minimum atomic E-state index is -1.11. The second-order valence-electron chi connectivity index (χ2n) is 7.34. The molecular weight excluding hydrogens is 358 g/mol. The van der Waals surface area contributed by atoms with Crippen molar-refractivity contribution in [2.24, 2.45) is 5.41 Å². The molecule has 2 aromatic carbocycles. The number of methoxy groups -OCH3 is 1. The molecule has 0 saturated carbocycles. The molecule has 2 rings (SSSR count). The number of hydrogen-bond acceptors (Lipinski definition) is 4. The third-order valence-electron chi connectivity index (χ3n) is 4.48. The van der Waals surface area contributed by atoms with E-state index >= 15 is 0 Å². The van der Waals surface area contributed by atoms with Gasteiger partial charge in [0.15, 0.2) is 11.5 Å². The second-order valence-corrected chi connectivity index (χ2v) is 7.34. The van der Waals surface area contributed by atoms with Crippen LogP contribution in [0.15, 0.2) is 48.5 Å². The number of rotatable bonds is 9. The van der Waals surface area contributed by atoms with Crippen LogP contribution in [-0.2, 0) is 16.2 Å². The van der Waals surface area contributed by atoms with Crippen LogP contribution in [0.5, 0.6) is 11.5 Å². The minimum absolute atomic E-state index is 0.0952. The van der Waals surface area contributed by atoms with Crippen molar-refractivity contribution >= 4 is 11.9 Å². The molecule has 6 heteroatoms. The smallest absolute Gasteiger partial charge is 0.309 e. The number of carboxylic acids is 1. The van der Waals surface area contributed by atoms with Crippen molar-refractivity contribution in [3.63, 3.8) is 0 Å². The van der Waals surface area contributed by atoms with E-state index in [2.05, 4.69) is 5.32 Å². The lowest BCUT2D eigenvalue weighted by molar-refractivity contribution is -0.149. The fourth-order valence-corrected chi connectivity index (χ4v) is 2.66. The van der Waals surface area contributed by atoms with E-state index in [-0.39, 0.29) is 18.4 Å². The van der Waals surface area contributed by atoms with Crippen molar-refractivity contribution in [3.8, 4) is 11.5 Å². The summed E-state index contributed by atoms with van der Waals surface area (Å²) in [5.74, 6) is -0.138. The highest BCUT2D eigenvalue weighted by Gasteiger charge is 2.30. The van der Waals surface area contributed by atoms with Crippen LogP contribution in [0, 0.1) is 5.41 Å². The number of hydrogen-bond donors (Lipinski definition) is 2. The number of carboxylic acid groups (broad SMARTS) is 1. The normalized spacial score (nSPS) is 12.1. The molecular formula is C22H27NO5. The van der Waals surface area contributed by atoms with E-state index in [1.54, 1.807) is 13.2 Å². The van der Waals surface area contributed by atoms with Gasteiger partial charge >= 0.3 is 5.97 Å². The van der Waals surface area contributed by atoms with Crippen LogP contribution >= 0.6 is 0 Å². The summed E-state index contributed by atoms with van der Waals surface area (Å²) in [6.07, 6.45) is -0.0952. The first-order chi connectivity index (χ1) is 13.2. The molecule has 0 fully saturated rings. The highest BCUT2D eigenvalue weighted by atomic mass is 16.5. The minimum Gasteiger partial charge on any atom is -0.493 e. The summed E-state index contributed by atoms with van der Waals surface area (Å²) < 4.78 is 11.3. The molecule has 2 aromatic rings. The molecule has 0 heterocycles. The van der Waals surface area contributed by atoms with Crippen molar-refractivity contribution in [1.82, 2.24) is 5.32 Å². The number of carbonyl (C=O) groups is 2. The SMILES string of the molecule is COc1cc(C(C)NC(=O)CC(C)(C)C(=O)O)ccc1OCc1ccccc1. The second kappa shape index (κ2) is 9.26. The lowest BCUT2D eigenvalue weighted by Crippen LogP contribution is -2.34. The quantitative estimate of drug-likeness (QED) is 0.683. The first kappa shape index (κ1) is 21.3. The summed E-state index contributed by atoms with van der Waals surface area (Å²) in [4.78, 5) is 23.4. The Morgan fingerprint density at radius 1 is 1.11 bits per heavy atom. The zero-order valence-corrected chi connectivity index (χ0v) is 16.7. The van der Waals surface area contributed by atoms with Crippen molar-refractivity contribution < 1.29 is 24.2 Å². The van der Waals surface area contributed by atoms with E-state index < -0.39 is 11.4 Å². The molecule has 0 aromatic heterocycles. The Balaban J connectivity index is 2.03. The molecule has 28 heavy (non-hydrogen) atoms. The van der Waals surface area contributed by atoms with E-state index in [0.29, 0.717) is 18.1 Å². The molecule has 0 bridgehead atoms. The molecule has 0 aliphatic carbocycles. The predicted octanol–water partition coefficient (Wildman–Crippen LogP) is 3.95. The third kappa shape index (κ3) is 5.74. The molecule has 0 aliphatic rings. The third-order valence-corrected chi connectivity index (χ3v) is 4.48. The van der Waals surface area contributed by atoms with E-state index in [4.69, 9.17) is 14.6 Å². The van der Waals surface area contributed by atoms with Crippen molar-refractivity contribution in [3.05, 3.63) is 59.7 Å². The van der Waals surface area contributed by atoms with Gasteiger partial charge in [-0.05, 0) is 44.0 Å². The summed E-state index contributed by atoms with van der Waals surface area (Å²) in [7, 11) is 1.56. The molecule has 0 spiro atoms. The van der Waals surface area contributed by atoms with E-state index in [0.717, 1.165) is 11.1 Å². The van der Waals surface area contributed by atoms with E-state index in [1.165, 1.54) is 13.8 Å². The van der Waals surface area contributed by atoms with Gasteiger partial charge < -0.3 is 19.9 Å². The van der Waals surface area contributed by atoms with Gasteiger partial charge in [0, 0.05) is 6.42 Å². The zero-order valence-electron chi connectivity index (χ0n) is 16.7. The molecule has 0 radical (unpaired) electrons. The summed E-state index contributed by atoms with van der Waals surface area (Å²) in [5.41, 5.74) is 0.775. The molecule has 6 nitrogen and oxygen atoms in total. The molecule has 2 N–H and O–H groups in total. The van der Waals surface area contributed by atoms with Crippen molar-refractivity contribution in [2.75, 3.05) is 7.11 Å².